The van der Waals surface area contributed by atoms with E-state index in [9.17, 15) is 9.59 Å². The molecule has 0 aliphatic carbocycles. The Labute approximate surface area is 119 Å². The molecule has 110 valence electrons. The molecule has 0 saturated carbocycles. The van der Waals surface area contributed by atoms with Crippen LogP contribution in [0.2, 0.25) is 0 Å². The average Bonchev–Trinajstić information content (AvgIpc) is 2.41. The maximum absolute atomic E-state index is 11.6. The molecule has 0 heterocycles. The number of rotatable bonds is 6. The summed E-state index contributed by atoms with van der Waals surface area (Å²) in [6.07, 6.45) is 0.281. The van der Waals surface area contributed by atoms with Crippen LogP contribution in [0.1, 0.15) is 13.3 Å². The van der Waals surface area contributed by atoms with Gasteiger partial charge in [0.05, 0.1) is 6.61 Å². The third-order valence-corrected chi connectivity index (χ3v) is 2.55. The lowest BCUT2D eigenvalue weighted by Gasteiger charge is -2.11. The summed E-state index contributed by atoms with van der Waals surface area (Å²) in [5.74, 6) is 0.737. The summed E-state index contributed by atoms with van der Waals surface area (Å²) in [4.78, 5) is 24.4. The molecule has 2 N–H and O–H groups in total. The molecule has 0 aliphatic heterocycles. The second-order valence-corrected chi connectivity index (χ2v) is 4.38. The number of anilines is 1. The number of nitrogens with zero attached hydrogens (tertiary/aromatic N) is 1. The summed E-state index contributed by atoms with van der Waals surface area (Å²) in [6, 6.07) is 6.76. The maximum Gasteiger partial charge on any atom is 0.319 e. The Morgan fingerprint density at radius 3 is 2.40 bits per heavy atom. The molecule has 0 unspecified atom stereocenters. The Morgan fingerprint density at radius 1 is 1.20 bits per heavy atom. The molecule has 0 fully saturated rings. The minimum atomic E-state index is -0.333. The molecule has 3 amide bonds. The summed E-state index contributed by atoms with van der Waals surface area (Å²) in [5, 5.41) is 5.31. The van der Waals surface area contributed by atoms with E-state index in [0.717, 1.165) is 5.75 Å². The summed E-state index contributed by atoms with van der Waals surface area (Å²) < 4.78 is 5.31. The molecule has 6 nitrogen and oxygen atoms in total. The Kier molecular flexibility index (Phi) is 6.36. The van der Waals surface area contributed by atoms with Crippen LogP contribution < -0.4 is 15.4 Å². The number of carbonyl (C=O) groups is 2. The predicted molar refractivity (Wildman–Crippen MR) is 77.9 cm³/mol. The van der Waals surface area contributed by atoms with Crippen LogP contribution in [0.15, 0.2) is 24.3 Å². The molecule has 1 aromatic rings. The molecule has 0 atom stereocenters. The number of carbonyl (C=O) groups excluding carboxylic acids is 2. The first-order valence-corrected chi connectivity index (χ1v) is 6.50. The van der Waals surface area contributed by atoms with Crippen molar-refractivity contribution in [3.63, 3.8) is 0 Å². The molecule has 20 heavy (non-hydrogen) atoms. The van der Waals surface area contributed by atoms with Gasteiger partial charge in [0.1, 0.15) is 5.75 Å². The quantitative estimate of drug-likeness (QED) is 0.832. The van der Waals surface area contributed by atoms with Crippen molar-refractivity contribution in [2.45, 2.75) is 13.3 Å². The Hall–Kier alpha value is -2.24. The summed E-state index contributed by atoms with van der Waals surface area (Å²) in [6.45, 7) is 2.82. The van der Waals surface area contributed by atoms with Crippen LogP contribution in [0.25, 0.3) is 0 Å². The molecule has 0 saturated heterocycles. The number of benzene rings is 1. The van der Waals surface area contributed by atoms with Gasteiger partial charge in [-0.2, -0.15) is 0 Å². The Bertz CT molecular complexity index is 443. The highest BCUT2D eigenvalue weighted by atomic mass is 16.5. The van der Waals surface area contributed by atoms with Crippen LogP contribution in [0.3, 0.4) is 0 Å². The minimum absolute atomic E-state index is 0.0219. The summed E-state index contributed by atoms with van der Waals surface area (Å²) >= 11 is 0. The highest BCUT2D eigenvalue weighted by molar-refractivity contribution is 5.89. The van der Waals surface area contributed by atoms with Gasteiger partial charge in [0, 0.05) is 32.7 Å². The van der Waals surface area contributed by atoms with Gasteiger partial charge in [0.25, 0.3) is 0 Å². The SMILES string of the molecule is CCOc1ccc(NC(=O)NCCC(=O)N(C)C)cc1. The zero-order chi connectivity index (χ0) is 15.0. The standard InChI is InChI=1S/C14H21N3O3/c1-4-20-12-7-5-11(6-8-12)16-14(19)15-10-9-13(18)17(2)3/h5-8H,4,9-10H2,1-3H3,(H2,15,16,19). The van der Waals surface area contributed by atoms with Gasteiger partial charge in [-0.25, -0.2) is 4.79 Å². The Balaban J connectivity index is 2.33. The topological polar surface area (TPSA) is 70.7 Å². The second-order valence-electron chi connectivity index (χ2n) is 4.38. The normalized spacial score (nSPS) is 9.75. The molecular weight excluding hydrogens is 258 g/mol. The number of urea groups is 1. The van der Waals surface area contributed by atoms with E-state index in [1.807, 2.05) is 6.92 Å². The van der Waals surface area contributed by atoms with Crippen LogP contribution in [0, 0.1) is 0 Å². The number of amides is 3. The number of hydrogen-bond acceptors (Lipinski definition) is 3. The van der Waals surface area contributed by atoms with E-state index in [1.165, 1.54) is 4.90 Å². The van der Waals surface area contributed by atoms with Gasteiger partial charge in [-0.05, 0) is 31.2 Å². The van der Waals surface area contributed by atoms with E-state index in [-0.39, 0.29) is 18.4 Å². The van der Waals surface area contributed by atoms with Crippen LogP contribution in [0.4, 0.5) is 10.5 Å². The van der Waals surface area contributed by atoms with E-state index in [0.29, 0.717) is 18.8 Å². The molecule has 1 rings (SSSR count). The van der Waals surface area contributed by atoms with Crippen molar-refractivity contribution >= 4 is 17.6 Å². The van der Waals surface area contributed by atoms with Gasteiger partial charge in [-0.15, -0.1) is 0 Å². The van der Waals surface area contributed by atoms with E-state index in [4.69, 9.17) is 4.74 Å². The molecule has 0 radical (unpaired) electrons. The zero-order valence-electron chi connectivity index (χ0n) is 12.1. The molecule has 0 bridgehead atoms. The van der Waals surface area contributed by atoms with Crippen molar-refractivity contribution in [2.75, 3.05) is 32.6 Å². The van der Waals surface area contributed by atoms with Crippen LogP contribution in [0.5, 0.6) is 5.75 Å². The molecule has 0 spiro atoms. The predicted octanol–water partition coefficient (Wildman–Crippen LogP) is 1.69. The summed E-state index contributed by atoms with van der Waals surface area (Å²) in [5.41, 5.74) is 0.671. The van der Waals surface area contributed by atoms with Crippen molar-refractivity contribution in [1.29, 1.82) is 0 Å². The largest absolute Gasteiger partial charge is 0.494 e. The van der Waals surface area contributed by atoms with Crippen molar-refractivity contribution in [1.82, 2.24) is 10.2 Å². The van der Waals surface area contributed by atoms with E-state index < -0.39 is 0 Å². The monoisotopic (exact) mass is 279 g/mol. The highest BCUT2D eigenvalue weighted by Crippen LogP contribution is 2.15. The van der Waals surface area contributed by atoms with Gasteiger partial charge in [0.15, 0.2) is 0 Å². The first kappa shape index (κ1) is 15.8. The van der Waals surface area contributed by atoms with Gasteiger partial charge < -0.3 is 20.3 Å². The van der Waals surface area contributed by atoms with Crippen LogP contribution in [-0.4, -0.2) is 44.1 Å². The molecule has 0 aliphatic rings. The maximum atomic E-state index is 11.6. The zero-order valence-corrected chi connectivity index (χ0v) is 12.1. The highest BCUT2D eigenvalue weighted by Gasteiger charge is 2.05. The fourth-order valence-corrected chi connectivity index (χ4v) is 1.48. The molecular formula is C14H21N3O3. The third kappa shape index (κ3) is 5.60. The second kappa shape index (κ2) is 8.04. The van der Waals surface area contributed by atoms with Gasteiger partial charge in [-0.1, -0.05) is 0 Å². The molecule has 1 aromatic carbocycles. The smallest absolute Gasteiger partial charge is 0.319 e. The van der Waals surface area contributed by atoms with Crippen LogP contribution >= 0.6 is 0 Å². The van der Waals surface area contributed by atoms with Gasteiger partial charge >= 0.3 is 6.03 Å². The lowest BCUT2D eigenvalue weighted by molar-refractivity contribution is -0.128. The lowest BCUT2D eigenvalue weighted by atomic mass is 10.3. The lowest BCUT2D eigenvalue weighted by Crippen LogP contribution is -2.33. The number of ether oxygens (including phenoxy) is 1. The van der Waals surface area contributed by atoms with Crippen molar-refractivity contribution in [3.05, 3.63) is 24.3 Å². The minimum Gasteiger partial charge on any atom is -0.494 e. The fraction of sp³-hybridized carbons (Fsp3) is 0.429. The van der Waals surface area contributed by atoms with Gasteiger partial charge in [-0.3, -0.25) is 4.79 Å². The molecule has 6 heteroatoms. The first-order chi connectivity index (χ1) is 9.52. The summed E-state index contributed by atoms with van der Waals surface area (Å²) in [7, 11) is 3.37. The van der Waals surface area contributed by atoms with E-state index in [1.54, 1.807) is 38.4 Å². The number of nitrogens with one attached hydrogen (secondary N) is 2. The van der Waals surface area contributed by atoms with Crippen LogP contribution in [-0.2, 0) is 4.79 Å². The van der Waals surface area contributed by atoms with E-state index >= 15 is 0 Å². The first-order valence-electron chi connectivity index (χ1n) is 6.50. The molecule has 0 aromatic heterocycles. The van der Waals surface area contributed by atoms with Crippen molar-refractivity contribution < 1.29 is 14.3 Å². The van der Waals surface area contributed by atoms with Crippen molar-refractivity contribution in [2.24, 2.45) is 0 Å². The fourth-order valence-electron chi connectivity index (χ4n) is 1.48. The Morgan fingerprint density at radius 2 is 1.85 bits per heavy atom. The van der Waals surface area contributed by atoms with Gasteiger partial charge in [0.2, 0.25) is 5.91 Å². The third-order valence-electron chi connectivity index (χ3n) is 2.55. The van der Waals surface area contributed by atoms with Crippen molar-refractivity contribution in [3.8, 4) is 5.75 Å². The average molecular weight is 279 g/mol. The van der Waals surface area contributed by atoms with E-state index in [2.05, 4.69) is 10.6 Å². The number of hydrogen-bond donors (Lipinski definition) is 2.